The van der Waals surface area contributed by atoms with Crippen LogP contribution in [0.4, 0.5) is 4.39 Å². The molecule has 0 radical (unpaired) electrons. The second-order valence-electron chi connectivity index (χ2n) is 5.64. The fourth-order valence-corrected chi connectivity index (χ4v) is 2.83. The van der Waals surface area contributed by atoms with E-state index >= 15 is 0 Å². The molecule has 2 heterocycles. The normalized spacial score (nSPS) is 11.4. The lowest BCUT2D eigenvalue weighted by molar-refractivity contribution is 0.0695. The summed E-state index contributed by atoms with van der Waals surface area (Å²) in [5.74, 6) is -1.99. The molecule has 3 aromatic rings. The van der Waals surface area contributed by atoms with Crippen molar-refractivity contribution in [1.82, 2.24) is 14.6 Å². The van der Waals surface area contributed by atoms with Crippen molar-refractivity contribution in [3.63, 3.8) is 0 Å². The molecule has 0 unspecified atom stereocenters. The number of rotatable bonds is 3. The van der Waals surface area contributed by atoms with Crippen LogP contribution < -0.4 is 5.56 Å². The zero-order chi connectivity index (χ0) is 17.6. The average Bonchev–Trinajstić information content (AvgIpc) is 2.87. The van der Waals surface area contributed by atoms with Crippen LogP contribution in [0.2, 0.25) is 5.02 Å². The Balaban J connectivity index is 2.32. The zero-order valence-electron chi connectivity index (χ0n) is 12.8. The number of nitrogens with zero attached hydrogens (tertiary/aromatic N) is 2. The van der Waals surface area contributed by atoms with E-state index in [-0.39, 0.29) is 33.4 Å². The van der Waals surface area contributed by atoms with Gasteiger partial charge in [0.1, 0.15) is 11.3 Å². The molecule has 0 saturated carbocycles. The third-order valence-corrected chi connectivity index (χ3v) is 3.91. The number of halogens is 2. The van der Waals surface area contributed by atoms with Gasteiger partial charge >= 0.3 is 5.97 Å². The van der Waals surface area contributed by atoms with Crippen molar-refractivity contribution >= 4 is 23.1 Å². The second-order valence-corrected chi connectivity index (χ2v) is 6.07. The number of carboxylic acid groups (broad SMARTS) is 1. The van der Waals surface area contributed by atoms with Gasteiger partial charge in [-0.1, -0.05) is 25.4 Å². The summed E-state index contributed by atoms with van der Waals surface area (Å²) in [5, 5.41) is 13.7. The van der Waals surface area contributed by atoms with Crippen LogP contribution in [0.25, 0.3) is 16.9 Å². The topological polar surface area (TPSA) is 87.5 Å². The number of aromatic amines is 1. The number of carbonyl (C=O) groups is 1. The van der Waals surface area contributed by atoms with Crippen molar-refractivity contribution in [3.8, 4) is 11.4 Å². The molecule has 124 valence electrons. The quantitative estimate of drug-likeness (QED) is 0.759. The molecule has 6 nitrogen and oxygen atoms in total. The zero-order valence-corrected chi connectivity index (χ0v) is 13.6. The van der Waals surface area contributed by atoms with Crippen LogP contribution in [0, 0.1) is 5.82 Å². The number of aromatic nitrogens is 3. The molecular weight excluding hydrogens is 337 g/mol. The van der Waals surface area contributed by atoms with E-state index < -0.39 is 17.3 Å². The molecule has 3 rings (SSSR count). The minimum Gasteiger partial charge on any atom is -0.478 e. The Morgan fingerprint density at radius 3 is 2.71 bits per heavy atom. The Hall–Kier alpha value is -2.67. The van der Waals surface area contributed by atoms with Crippen LogP contribution in [0.15, 0.2) is 29.2 Å². The summed E-state index contributed by atoms with van der Waals surface area (Å²) in [6.07, 6.45) is 1.26. The predicted octanol–water partition coefficient (Wildman–Crippen LogP) is 3.30. The standard InChI is InChI=1S/C16H13ClFN3O3/c1-7(2)12-10(16(23)24)6-21-13(12)15(22)19-14(20-21)9-4-3-8(17)5-11(9)18/h3-7H,1-2H3,(H,23,24)(H,19,20,22). The summed E-state index contributed by atoms with van der Waals surface area (Å²) in [6.45, 7) is 3.57. The van der Waals surface area contributed by atoms with Crippen molar-refractivity contribution in [2.75, 3.05) is 0 Å². The maximum Gasteiger partial charge on any atom is 0.337 e. The Bertz CT molecular complexity index is 1020. The van der Waals surface area contributed by atoms with Gasteiger partial charge in [0.2, 0.25) is 0 Å². The monoisotopic (exact) mass is 349 g/mol. The Morgan fingerprint density at radius 1 is 1.42 bits per heavy atom. The third kappa shape index (κ3) is 2.56. The second kappa shape index (κ2) is 5.76. The molecule has 0 aliphatic carbocycles. The molecule has 0 spiro atoms. The first kappa shape index (κ1) is 16.2. The van der Waals surface area contributed by atoms with Crippen molar-refractivity contribution in [1.29, 1.82) is 0 Å². The molecule has 24 heavy (non-hydrogen) atoms. The van der Waals surface area contributed by atoms with Gasteiger partial charge in [-0.05, 0) is 24.1 Å². The Labute approximate surface area is 140 Å². The molecule has 0 aliphatic rings. The van der Waals surface area contributed by atoms with Crippen LogP contribution in [-0.4, -0.2) is 25.7 Å². The SMILES string of the molecule is CC(C)c1c(C(=O)O)cn2nc(-c3ccc(Cl)cc3F)[nH]c(=O)c12. The number of hydrogen-bond donors (Lipinski definition) is 2. The lowest BCUT2D eigenvalue weighted by atomic mass is 10.0. The highest BCUT2D eigenvalue weighted by molar-refractivity contribution is 6.30. The van der Waals surface area contributed by atoms with Crippen LogP contribution in [0.1, 0.15) is 35.7 Å². The van der Waals surface area contributed by atoms with Crippen molar-refractivity contribution in [2.24, 2.45) is 0 Å². The fourth-order valence-electron chi connectivity index (χ4n) is 2.67. The van der Waals surface area contributed by atoms with Crippen LogP contribution in [-0.2, 0) is 0 Å². The maximum atomic E-state index is 14.1. The largest absolute Gasteiger partial charge is 0.478 e. The lowest BCUT2D eigenvalue weighted by Gasteiger charge is -2.06. The van der Waals surface area contributed by atoms with Gasteiger partial charge in [-0.15, -0.1) is 5.10 Å². The fraction of sp³-hybridized carbons (Fsp3) is 0.188. The molecule has 2 N–H and O–H groups in total. The smallest absolute Gasteiger partial charge is 0.337 e. The third-order valence-electron chi connectivity index (χ3n) is 3.67. The number of H-pyrrole nitrogens is 1. The van der Waals surface area contributed by atoms with Crippen LogP contribution >= 0.6 is 11.6 Å². The first-order valence-corrected chi connectivity index (χ1v) is 7.51. The van der Waals surface area contributed by atoms with Gasteiger partial charge in [-0.2, -0.15) is 0 Å². The highest BCUT2D eigenvalue weighted by atomic mass is 35.5. The van der Waals surface area contributed by atoms with E-state index in [1.807, 2.05) is 0 Å². The summed E-state index contributed by atoms with van der Waals surface area (Å²) in [6, 6.07) is 3.98. The summed E-state index contributed by atoms with van der Waals surface area (Å²) < 4.78 is 15.2. The van der Waals surface area contributed by atoms with Gasteiger partial charge in [0.05, 0.1) is 11.1 Å². The van der Waals surface area contributed by atoms with E-state index in [9.17, 15) is 19.1 Å². The van der Waals surface area contributed by atoms with Gasteiger partial charge in [0.15, 0.2) is 5.82 Å². The summed E-state index contributed by atoms with van der Waals surface area (Å²) in [7, 11) is 0. The lowest BCUT2D eigenvalue weighted by Crippen LogP contribution is -2.15. The van der Waals surface area contributed by atoms with E-state index in [4.69, 9.17) is 11.6 Å². The van der Waals surface area contributed by atoms with Gasteiger partial charge in [0.25, 0.3) is 5.56 Å². The van der Waals surface area contributed by atoms with Gasteiger partial charge < -0.3 is 10.1 Å². The minimum atomic E-state index is -1.15. The molecule has 0 aliphatic heterocycles. The number of carboxylic acids is 1. The first-order chi connectivity index (χ1) is 11.3. The van der Waals surface area contributed by atoms with E-state index in [1.165, 1.54) is 22.8 Å². The molecule has 0 saturated heterocycles. The number of fused-ring (bicyclic) bond motifs is 1. The Kier molecular flexibility index (Phi) is 3.88. The average molecular weight is 350 g/mol. The van der Waals surface area contributed by atoms with E-state index in [0.717, 1.165) is 6.07 Å². The number of benzene rings is 1. The van der Waals surface area contributed by atoms with Crippen molar-refractivity contribution in [2.45, 2.75) is 19.8 Å². The van der Waals surface area contributed by atoms with Crippen molar-refractivity contribution < 1.29 is 14.3 Å². The van der Waals surface area contributed by atoms with Crippen molar-refractivity contribution in [3.05, 3.63) is 56.7 Å². The first-order valence-electron chi connectivity index (χ1n) is 7.14. The van der Waals surface area contributed by atoms with Crippen LogP contribution in [0.3, 0.4) is 0 Å². The molecule has 8 heteroatoms. The summed E-state index contributed by atoms with van der Waals surface area (Å²) in [5.41, 5.74) is 0.0530. The molecule has 0 amide bonds. The van der Waals surface area contributed by atoms with Crippen LogP contribution in [0.5, 0.6) is 0 Å². The molecule has 2 aromatic heterocycles. The van der Waals surface area contributed by atoms with Gasteiger partial charge in [-0.3, -0.25) is 4.79 Å². The maximum absolute atomic E-state index is 14.1. The number of aromatic carboxylic acids is 1. The highest BCUT2D eigenvalue weighted by Gasteiger charge is 2.22. The molecule has 1 aromatic carbocycles. The van der Waals surface area contributed by atoms with Gasteiger partial charge in [0, 0.05) is 16.8 Å². The molecular formula is C16H13ClFN3O3. The highest BCUT2D eigenvalue weighted by Crippen LogP contribution is 2.26. The number of nitrogens with one attached hydrogen (secondary N) is 1. The summed E-state index contributed by atoms with van der Waals surface area (Å²) >= 11 is 5.72. The van der Waals surface area contributed by atoms with Gasteiger partial charge in [-0.25, -0.2) is 13.7 Å². The minimum absolute atomic E-state index is 0.00303. The van der Waals surface area contributed by atoms with E-state index in [2.05, 4.69) is 10.1 Å². The molecule has 0 atom stereocenters. The molecule has 0 fully saturated rings. The number of hydrogen-bond acceptors (Lipinski definition) is 3. The van der Waals surface area contributed by atoms with E-state index in [1.54, 1.807) is 13.8 Å². The summed E-state index contributed by atoms with van der Waals surface area (Å²) in [4.78, 5) is 26.4. The molecule has 0 bridgehead atoms. The predicted molar refractivity (Wildman–Crippen MR) is 87.3 cm³/mol. The Morgan fingerprint density at radius 2 is 2.12 bits per heavy atom. The van der Waals surface area contributed by atoms with E-state index in [0.29, 0.717) is 5.56 Å².